The summed E-state index contributed by atoms with van der Waals surface area (Å²) >= 11 is 0. The Bertz CT molecular complexity index is 386. The molecule has 0 unspecified atom stereocenters. The molecule has 2 N–H and O–H groups in total. The van der Waals surface area contributed by atoms with Gasteiger partial charge in [0.05, 0.1) is 6.04 Å². The van der Waals surface area contributed by atoms with Gasteiger partial charge in [0.2, 0.25) is 0 Å². The van der Waals surface area contributed by atoms with Crippen LogP contribution in [0, 0.1) is 5.82 Å². The maximum Gasteiger partial charge on any atom is 0.407 e. The number of phenolic OH excluding ortho intramolecular Hbond substituents is 1. The highest BCUT2D eigenvalue weighted by Crippen LogP contribution is 2.28. The van der Waals surface area contributed by atoms with Crippen molar-refractivity contribution < 1.29 is 19.0 Å². The van der Waals surface area contributed by atoms with Crippen LogP contribution in [0.15, 0.2) is 18.2 Å². The molecule has 1 atom stereocenters. The fourth-order valence-electron chi connectivity index (χ4n) is 1.37. The smallest absolute Gasteiger partial charge is 0.407 e. The first kappa shape index (κ1) is 11.6. The molecular formula is C9H9ClFNO3. The second-order valence-electron chi connectivity index (χ2n) is 2.97. The molecular weight excluding hydrogens is 225 g/mol. The minimum atomic E-state index is -0.705. The van der Waals surface area contributed by atoms with Crippen LogP contribution in [0.1, 0.15) is 11.6 Å². The lowest BCUT2D eigenvalue weighted by atomic mass is 10.1. The number of para-hydroxylation sites is 1. The van der Waals surface area contributed by atoms with E-state index in [1.165, 1.54) is 12.1 Å². The van der Waals surface area contributed by atoms with E-state index in [0.29, 0.717) is 5.56 Å². The molecule has 0 radical (unpaired) electrons. The number of halogens is 2. The van der Waals surface area contributed by atoms with Gasteiger partial charge in [0.1, 0.15) is 6.61 Å². The maximum atomic E-state index is 12.9. The van der Waals surface area contributed by atoms with Gasteiger partial charge in [-0.25, -0.2) is 9.18 Å². The summed E-state index contributed by atoms with van der Waals surface area (Å²) in [6.07, 6.45) is -0.557. The lowest BCUT2D eigenvalue weighted by Gasteiger charge is -2.09. The summed E-state index contributed by atoms with van der Waals surface area (Å²) in [7, 11) is 0. The SMILES string of the molecule is Cl.O=C1N[C@@H](c2cccc(F)c2O)CO1. The Balaban J connectivity index is 0.00000112. The third-order valence-corrected chi connectivity index (χ3v) is 2.07. The van der Waals surface area contributed by atoms with Gasteiger partial charge in [0, 0.05) is 5.56 Å². The largest absolute Gasteiger partial charge is 0.505 e. The Morgan fingerprint density at radius 1 is 1.53 bits per heavy atom. The van der Waals surface area contributed by atoms with Crippen LogP contribution >= 0.6 is 12.4 Å². The summed E-state index contributed by atoms with van der Waals surface area (Å²) in [4.78, 5) is 10.7. The Hall–Kier alpha value is -1.49. The number of rotatable bonds is 1. The summed E-state index contributed by atoms with van der Waals surface area (Å²) in [6, 6.07) is 3.68. The zero-order valence-electron chi connectivity index (χ0n) is 7.57. The van der Waals surface area contributed by atoms with Crippen molar-refractivity contribution in [3.8, 4) is 5.75 Å². The van der Waals surface area contributed by atoms with Gasteiger partial charge < -0.3 is 15.2 Å². The number of hydrogen-bond acceptors (Lipinski definition) is 3. The second-order valence-corrected chi connectivity index (χ2v) is 2.97. The van der Waals surface area contributed by atoms with E-state index in [2.05, 4.69) is 10.1 Å². The van der Waals surface area contributed by atoms with Crippen molar-refractivity contribution in [1.82, 2.24) is 5.32 Å². The van der Waals surface area contributed by atoms with Gasteiger partial charge >= 0.3 is 6.09 Å². The molecule has 1 amide bonds. The van der Waals surface area contributed by atoms with E-state index in [9.17, 15) is 14.3 Å². The van der Waals surface area contributed by atoms with Crippen molar-refractivity contribution in [1.29, 1.82) is 0 Å². The lowest BCUT2D eigenvalue weighted by molar-refractivity contribution is 0.176. The molecule has 1 aromatic rings. The molecule has 0 bridgehead atoms. The number of amides is 1. The van der Waals surface area contributed by atoms with Crippen molar-refractivity contribution in [2.75, 3.05) is 6.61 Å². The molecule has 1 aliphatic rings. The molecule has 4 nitrogen and oxygen atoms in total. The van der Waals surface area contributed by atoms with E-state index in [4.69, 9.17) is 0 Å². The molecule has 1 aromatic carbocycles. The number of ether oxygens (including phenoxy) is 1. The van der Waals surface area contributed by atoms with E-state index in [-0.39, 0.29) is 19.0 Å². The van der Waals surface area contributed by atoms with E-state index < -0.39 is 23.7 Å². The van der Waals surface area contributed by atoms with Crippen LogP contribution in [-0.2, 0) is 4.74 Å². The molecule has 1 saturated heterocycles. The van der Waals surface area contributed by atoms with Gasteiger partial charge in [-0.3, -0.25) is 0 Å². The van der Waals surface area contributed by atoms with Crippen LogP contribution in [0.5, 0.6) is 5.75 Å². The van der Waals surface area contributed by atoms with Crippen LogP contribution in [0.3, 0.4) is 0 Å². The molecule has 1 aliphatic heterocycles. The van der Waals surface area contributed by atoms with Crippen LogP contribution in [-0.4, -0.2) is 17.8 Å². The Morgan fingerprint density at radius 2 is 2.27 bits per heavy atom. The molecule has 1 fully saturated rings. The van der Waals surface area contributed by atoms with Gasteiger partial charge in [-0.1, -0.05) is 12.1 Å². The third kappa shape index (κ3) is 2.12. The van der Waals surface area contributed by atoms with E-state index in [1.54, 1.807) is 0 Å². The van der Waals surface area contributed by atoms with Gasteiger partial charge in [-0.05, 0) is 6.07 Å². The highest BCUT2D eigenvalue weighted by molar-refractivity contribution is 5.85. The highest BCUT2D eigenvalue weighted by Gasteiger charge is 2.26. The van der Waals surface area contributed by atoms with Gasteiger partial charge in [0.15, 0.2) is 11.6 Å². The third-order valence-electron chi connectivity index (χ3n) is 2.07. The number of nitrogens with one attached hydrogen (secondary N) is 1. The Kier molecular flexibility index (Phi) is 3.36. The maximum absolute atomic E-state index is 12.9. The molecule has 6 heteroatoms. The highest BCUT2D eigenvalue weighted by atomic mass is 35.5. The lowest BCUT2D eigenvalue weighted by Crippen LogP contribution is -2.18. The first-order valence-electron chi connectivity index (χ1n) is 4.09. The second kappa shape index (κ2) is 4.35. The van der Waals surface area contributed by atoms with Gasteiger partial charge in [0.25, 0.3) is 0 Å². The van der Waals surface area contributed by atoms with Crippen molar-refractivity contribution in [2.24, 2.45) is 0 Å². The average molecular weight is 234 g/mol. The van der Waals surface area contributed by atoms with Crippen LogP contribution < -0.4 is 5.32 Å². The molecule has 0 aliphatic carbocycles. The molecule has 1 heterocycles. The zero-order chi connectivity index (χ0) is 10.1. The first-order valence-corrected chi connectivity index (χ1v) is 4.09. The summed E-state index contributed by atoms with van der Waals surface area (Å²) in [5, 5.41) is 11.8. The number of cyclic esters (lactones) is 1. The predicted octanol–water partition coefficient (Wildman–Crippen LogP) is 1.73. The van der Waals surface area contributed by atoms with Crippen LogP contribution in [0.2, 0.25) is 0 Å². The molecule has 2 rings (SSSR count). The number of carbonyl (C=O) groups excluding carboxylic acids is 1. The number of hydrogen-bond donors (Lipinski definition) is 2. The number of phenols is 1. The van der Waals surface area contributed by atoms with E-state index >= 15 is 0 Å². The minimum absolute atomic E-state index is 0. The van der Waals surface area contributed by atoms with Crippen molar-refractivity contribution in [2.45, 2.75) is 6.04 Å². The summed E-state index contributed by atoms with van der Waals surface area (Å²) in [5.74, 6) is -1.15. The average Bonchev–Trinajstić information content (AvgIpc) is 2.57. The van der Waals surface area contributed by atoms with Crippen molar-refractivity contribution in [3.63, 3.8) is 0 Å². The topological polar surface area (TPSA) is 58.6 Å². The number of carbonyl (C=O) groups is 1. The summed E-state index contributed by atoms with van der Waals surface area (Å²) < 4.78 is 17.6. The normalized spacial score (nSPS) is 19.0. The number of alkyl carbamates (subject to hydrolysis) is 1. The molecule has 15 heavy (non-hydrogen) atoms. The zero-order valence-corrected chi connectivity index (χ0v) is 8.38. The Labute approximate surface area is 91.5 Å². The fourth-order valence-corrected chi connectivity index (χ4v) is 1.37. The van der Waals surface area contributed by atoms with Crippen molar-refractivity contribution in [3.05, 3.63) is 29.6 Å². The summed E-state index contributed by atoms with van der Waals surface area (Å²) in [5.41, 5.74) is 0.329. The number of benzene rings is 1. The number of aromatic hydroxyl groups is 1. The molecule has 0 aromatic heterocycles. The quantitative estimate of drug-likeness (QED) is 0.777. The summed E-state index contributed by atoms with van der Waals surface area (Å²) in [6.45, 7) is 0.107. The first-order chi connectivity index (χ1) is 6.68. The Morgan fingerprint density at radius 3 is 2.87 bits per heavy atom. The minimum Gasteiger partial charge on any atom is -0.505 e. The standard InChI is InChI=1S/C9H8FNO3.ClH/c10-6-3-1-2-5(8(6)12)7-4-14-9(13)11-7;/h1-3,7,12H,4H2,(H,11,13);1H/t7-;/m1./s1. The molecule has 0 spiro atoms. The van der Waals surface area contributed by atoms with Crippen LogP contribution in [0.25, 0.3) is 0 Å². The molecule has 0 saturated carbocycles. The van der Waals surface area contributed by atoms with E-state index in [0.717, 1.165) is 6.07 Å². The van der Waals surface area contributed by atoms with Crippen molar-refractivity contribution >= 4 is 18.5 Å². The van der Waals surface area contributed by atoms with Gasteiger partial charge in [-0.15, -0.1) is 12.4 Å². The monoisotopic (exact) mass is 233 g/mol. The predicted molar refractivity (Wildman–Crippen MR) is 52.5 cm³/mol. The van der Waals surface area contributed by atoms with E-state index in [1.807, 2.05) is 0 Å². The van der Waals surface area contributed by atoms with Gasteiger partial charge in [-0.2, -0.15) is 0 Å². The fraction of sp³-hybridized carbons (Fsp3) is 0.222. The molecule has 82 valence electrons. The van der Waals surface area contributed by atoms with Crippen LogP contribution in [0.4, 0.5) is 9.18 Å².